The summed E-state index contributed by atoms with van der Waals surface area (Å²) in [7, 11) is 0. The number of aryl methyl sites for hydroxylation is 2. The summed E-state index contributed by atoms with van der Waals surface area (Å²) in [6.45, 7) is 5.68. The molecule has 1 atom stereocenters. The average Bonchev–Trinajstić information content (AvgIpc) is 2.57. The van der Waals surface area contributed by atoms with Crippen LogP contribution in [0, 0.1) is 30.6 Å². The van der Waals surface area contributed by atoms with Crippen LogP contribution in [-0.4, -0.2) is 5.91 Å². The van der Waals surface area contributed by atoms with Crippen molar-refractivity contribution in [2.24, 2.45) is 5.41 Å². The fraction of sp³-hybridized carbons (Fsp3) is 0.571. The summed E-state index contributed by atoms with van der Waals surface area (Å²) in [5.74, 6) is 1.50. The van der Waals surface area contributed by atoms with Gasteiger partial charge in [0.25, 0.3) is 0 Å². The Bertz CT molecular complexity index is 506. The molecule has 1 aliphatic carbocycles. The van der Waals surface area contributed by atoms with Crippen LogP contribution in [0.25, 0.3) is 0 Å². The molecule has 0 bridgehead atoms. The topological polar surface area (TPSA) is 66.0 Å². The molecule has 4 nitrogen and oxygen atoms in total. The van der Waals surface area contributed by atoms with Crippen LogP contribution >= 0.6 is 0 Å². The highest BCUT2D eigenvalue weighted by atomic mass is 16.3. The molecule has 1 aliphatic rings. The van der Waals surface area contributed by atoms with E-state index < -0.39 is 5.41 Å². The van der Waals surface area contributed by atoms with E-state index in [-0.39, 0.29) is 11.9 Å². The van der Waals surface area contributed by atoms with Crippen LogP contribution < -0.4 is 5.32 Å². The molecule has 0 spiro atoms. The van der Waals surface area contributed by atoms with Crippen LogP contribution in [0.4, 0.5) is 0 Å². The van der Waals surface area contributed by atoms with E-state index in [9.17, 15) is 4.79 Å². The molecule has 1 unspecified atom stereocenters. The van der Waals surface area contributed by atoms with Gasteiger partial charge in [0.15, 0.2) is 0 Å². The maximum Gasteiger partial charge on any atom is 0.240 e. The first-order chi connectivity index (χ1) is 8.48. The number of hydrogen-bond acceptors (Lipinski definition) is 3. The Morgan fingerprint density at radius 2 is 2.22 bits per heavy atom. The predicted octanol–water partition coefficient (Wildman–Crippen LogP) is 2.77. The Hall–Kier alpha value is -1.76. The van der Waals surface area contributed by atoms with Crippen molar-refractivity contribution < 1.29 is 9.21 Å². The Morgan fingerprint density at radius 3 is 2.61 bits per heavy atom. The lowest BCUT2D eigenvalue weighted by molar-refractivity contribution is -0.132. The monoisotopic (exact) mass is 246 g/mol. The maximum absolute atomic E-state index is 12.1. The Kier molecular flexibility index (Phi) is 3.16. The fourth-order valence-corrected chi connectivity index (χ4v) is 2.41. The molecule has 1 saturated carbocycles. The number of furan rings is 1. The van der Waals surface area contributed by atoms with Gasteiger partial charge in [0.05, 0.1) is 12.1 Å². The van der Waals surface area contributed by atoms with Crippen molar-refractivity contribution in [2.75, 3.05) is 0 Å². The second-order valence-electron chi connectivity index (χ2n) is 5.11. The van der Waals surface area contributed by atoms with Crippen molar-refractivity contribution in [3.05, 3.63) is 23.2 Å². The minimum atomic E-state index is -0.791. The number of nitriles is 1. The lowest BCUT2D eigenvalue weighted by Gasteiger charge is -2.34. The van der Waals surface area contributed by atoms with Crippen molar-refractivity contribution in [1.29, 1.82) is 5.26 Å². The summed E-state index contributed by atoms with van der Waals surface area (Å²) in [5.41, 5.74) is 0.189. The molecule has 0 aliphatic heterocycles. The van der Waals surface area contributed by atoms with Crippen LogP contribution in [0.5, 0.6) is 0 Å². The number of carbonyl (C=O) groups excluding carboxylic acids is 1. The van der Waals surface area contributed by atoms with Gasteiger partial charge < -0.3 is 9.73 Å². The quantitative estimate of drug-likeness (QED) is 0.891. The van der Waals surface area contributed by atoms with Gasteiger partial charge >= 0.3 is 0 Å². The first-order valence-corrected chi connectivity index (χ1v) is 6.28. The van der Waals surface area contributed by atoms with Gasteiger partial charge in [0, 0.05) is 5.56 Å². The van der Waals surface area contributed by atoms with E-state index in [4.69, 9.17) is 9.68 Å². The molecule has 1 aromatic rings. The summed E-state index contributed by atoms with van der Waals surface area (Å²) in [6, 6.07) is 3.96. The number of hydrogen-bond donors (Lipinski definition) is 1. The van der Waals surface area contributed by atoms with E-state index in [0.717, 1.165) is 23.5 Å². The van der Waals surface area contributed by atoms with Crippen LogP contribution in [0.1, 0.15) is 49.3 Å². The molecule has 1 heterocycles. The molecule has 1 aromatic heterocycles. The third-order valence-electron chi connectivity index (χ3n) is 3.75. The van der Waals surface area contributed by atoms with E-state index >= 15 is 0 Å². The fourth-order valence-electron chi connectivity index (χ4n) is 2.41. The van der Waals surface area contributed by atoms with Crippen molar-refractivity contribution >= 4 is 5.91 Å². The van der Waals surface area contributed by atoms with Crippen LogP contribution in [0.2, 0.25) is 0 Å². The molecule has 96 valence electrons. The second kappa shape index (κ2) is 4.49. The zero-order chi connectivity index (χ0) is 13.3. The van der Waals surface area contributed by atoms with Crippen LogP contribution in [0.15, 0.2) is 10.5 Å². The van der Waals surface area contributed by atoms with E-state index in [2.05, 4.69) is 11.4 Å². The normalized spacial score (nSPS) is 18.6. The first kappa shape index (κ1) is 12.7. The first-order valence-electron chi connectivity index (χ1n) is 6.28. The highest BCUT2D eigenvalue weighted by molar-refractivity contribution is 5.86. The van der Waals surface area contributed by atoms with Crippen LogP contribution in [0.3, 0.4) is 0 Å². The van der Waals surface area contributed by atoms with E-state index in [0.29, 0.717) is 12.8 Å². The molecule has 1 amide bonds. The van der Waals surface area contributed by atoms with Gasteiger partial charge in [-0.25, -0.2) is 0 Å². The van der Waals surface area contributed by atoms with Gasteiger partial charge in [-0.15, -0.1) is 0 Å². The van der Waals surface area contributed by atoms with Gasteiger partial charge in [-0.1, -0.05) is 0 Å². The zero-order valence-corrected chi connectivity index (χ0v) is 11.0. The number of carbonyl (C=O) groups is 1. The highest BCUT2D eigenvalue weighted by Crippen LogP contribution is 2.40. The van der Waals surface area contributed by atoms with E-state index in [1.165, 1.54) is 0 Å². The second-order valence-corrected chi connectivity index (χ2v) is 5.11. The summed E-state index contributed by atoms with van der Waals surface area (Å²) in [6.07, 6.45) is 2.30. The van der Waals surface area contributed by atoms with E-state index in [1.807, 2.05) is 26.8 Å². The lowest BCUT2D eigenvalue weighted by Crippen LogP contribution is -2.45. The van der Waals surface area contributed by atoms with Crippen molar-refractivity contribution in [3.63, 3.8) is 0 Å². The summed E-state index contributed by atoms with van der Waals surface area (Å²) < 4.78 is 5.45. The molecule has 0 saturated heterocycles. The Balaban J connectivity index is 2.08. The molecule has 4 heteroatoms. The molecular weight excluding hydrogens is 228 g/mol. The molecule has 1 fully saturated rings. The summed E-state index contributed by atoms with van der Waals surface area (Å²) >= 11 is 0. The van der Waals surface area contributed by atoms with E-state index in [1.54, 1.807) is 0 Å². The zero-order valence-electron chi connectivity index (χ0n) is 11.0. The van der Waals surface area contributed by atoms with Gasteiger partial charge in [-0.2, -0.15) is 5.26 Å². The minimum Gasteiger partial charge on any atom is -0.466 e. The van der Waals surface area contributed by atoms with Gasteiger partial charge in [0.1, 0.15) is 16.9 Å². The maximum atomic E-state index is 12.1. The summed E-state index contributed by atoms with van der Waals surface area (Å²) in [5, 5.41) is 12.0. The van der Waals surface area contributed by atoms with Gasteiger partial charge in [-0.3, -0.25) is 4.79 Å². The predicted molar refractivity (Wildman–Crippen MR) is 66.6 cm³/mol. The van der Waals surface area contributed by atoms with Gasteiger partial charge in [0.2, 0.25) is 5.91 Å². The lowest BCUT2D eigenvalue weighted by atomic mass is 9.69. The molecule has 2 rings (SSSR count). The van der Waals surface area contributed by atoms with Crippen molar-refractivity contribution in [3.8, 4) is 6.07 Å². The number of nitrogens with zero attached hydrogens (tertiary/aromatic N) is 1. The largest absolute Gasteiger partial charge is 0.466 e. The number of amides is 1. The molecule has 1 N–H and O–H groups in total. The molecule has 0 radical (unpaired) electrons. The third kappa shape index (κ3) is 2.01. The standard InChI is InChI=1S/C14H18N2O2/c1-9-7-12(11(3)18-9)10(2)16-13(17)14(8-15)5-4-6-14/h7,10H,4-6H2,1-3H3,(H,16,17). The Labute approximate surface area is 107 Å². The minimum absolute atomic E-state index is 0.124. The van der Waals surface area contributed by atoms with Crippen molar-refractivity contribution in [1.82, 2.24) is 5.32 Å². The third-order valence-corrected chi connectivity index (χ3v) is 3.75. The summed E-state index contributed by atoms with van der Waals surface area (Å²) in [4.78, 5) is 12.1. The van der Waals surface area contributed by atoms with Crippen LogP contribution in [-0.2, 0) is 4.79 Å². The highest BCUT2D eigenvalue weighted by Gasteiger charge is 2.45. The Morgan fingerprint density at radius 1 is 1.56 bits per heavy atom. The number of rotatable bonds is 3. The van der Waals surface area contributed by atoms with Gasteiger partial charge in [-0.05, 0) is 46.1 Å². The molecule has 0 aromatic carbocycles. The average molecular weight is 246 g/mol. The smallest absolute Gasteiger partial charge is 0.240 e. The molecule has 18 heavy (non-hydrogen) atoms. The number of nitrogens with one attached hydrogen (secondary N) is 1. The molecular formula is C14H18N2O2. The SMILES string of the molecule is Cc1cc(C(C)NC(=O)C2(C#N)CCC2)c(C)o1. The van der Waals surface area contributed by atoms with Crippen molar-refractivity contribution in [2.45, 2.75) is 46.1 Å².